The number of benzene rings is 3. The van der Waals surface area contributed by atoms with E-state index in [4.69, 9.17) is 14.8 Å². The van der Waals surface area contributed by atoms with Crippen molar-refractivity contribution >= 4 is 17.2 Å². The second kappa shape index (κ2) is 12.3. The van der Waals surface area contributed by atoms with Crippen molar-refractivity contribution in [2.45, 2.75) is 59.2 Å². The first-order chi connectivity index (χ1) is 17.0. The number of carboxylic acid groups (broad SMARTS) is 1. The van der Waals surface area contributed by atoms with Gasteiger partial charge in [0.15, 0.2) is 0 Å². The van der Waals surface area contributed by atoms with E-state index in [9.17, 15) is 4.79 Å². The number of unbranched alkanes of at least 4 members (excludes halogenated alkanes) is 1. The van der Waals surface area contributed by atoms with Gasteiger partial charge in [0.2, 0.25) is 0 Å². The Balaban J connectivity index is 0.00000361. The number of nitrogens with zero attached hydrogens (tertiary/aromatic N) is 2. The minimum absolute atomic E-state index is 0. The highest BCUT2D eigenvalue weighted by Gasteiger charge is 2.15. The van der Waals surface area contributed by atoms with Crippen LogP contribution in [0, 0.1) is 0 Å². The van der Waals surface area contributed by atoms with Crippen molar-refractivity contribution in [2.24, 2.45) is 0 Å². The van der Waals surface area contributed by atoms with Gasteiger partial charge in [0.1, 0.15) is 11.6 Å². The van der Waals surface area contributed by atoms with Gasteiger partial charge >= 0.3 is 6.16 Å². The fourth-order valence-electron chi connectivity index (χ4n) is 4.32. The maximum absolute atomic E-state index is 11.1. The number of nitrogens with one attached hydrogen (secondary N) is 1. The Labute approximate surface area is 212 Å². The van der Waals surface area contributed by atoms with Gasteiger partial charge in [-0.2, -0.15) is 0 Å². The number of fused-ring (bicyclic) bond motifs is 1. The first-order valence-electron chi connectivity index (χ1n) is 12.3. The number of aromatic nitrogens is 2. The molecule has 0 aliphatic heterocycles. The molecule has 3 aromatic carbocycles. The van der Waals surface area contributed by atoms with E-state index < -0.39 is 6.16 Å². The van der Waals surface area contributed by atoms with E-state index in [2.05, 4.69) is 61.0 Å². The van der Waals surface area contributed by atoms with Gasteiger partial charge in [-0.3, -0.25) is 0 Å². The molecule has 1 heterocycles. The number of ether oxygens (including phenoxy) is 1. The monoisotopic (exact) mass is 489 g/mol. The van der Waals surface area contributed by atoms with Crippen LogP contribution in [0.3, 0.4) is 0 Å². The van der Waals surface area contributed by atoms with E-state index in [1.165, 1.54) is 11.1 Å². The summed E-state index contributed by atoms with van der Waals surface area (Å²) >= 11 is 0. The third-order valence-corrected chi connectivity index (χ3v) is 6.07. The molecule has 36 heavy (non-hydrogen) atoms. The number of rotatable bonds is 10. The molecule has 7 nitrogen and oxygen atoms in total. The van der Waals surface area contributed by atoms with E-state index >= 15 is 0 Å². The van der Waals surface area contributed by atoms with Gasteiger partial charge in [0, 0.05) is 31.1 Å². The Morgan fingerprint density at radius 1 is 1.06 bits per heavy atom. The summed E-state index contributed by atoms with van der Waals surface area (Å²) in [5, 5.41) is 12.6. The van der Waals surface area contributed by atoms with Gasteiger partial charge < -0.3 is 25.2 Å². The highest BCUT2D eigenvalue weighted by atomic mass is 16.7. The quantitative estimate of drug-likeness (QED) is 0.215. The highest BCUT2D eigenvalue weighted by molar-refractivity contribution is 5.80. The van der Waals surface area contributed by atoms with Crippen molar-refractivity contribution in [3.05, 3.63) is 83.7 Å². The van der Waals surface area contributed by atoms with E-state index in [1.807, 2.05) is 24.3 Å². The summed E-state index contributed by atoms with van der Waals surface area (Å²) in [6, 6.07) is 22.2. The Hall–Kier alpha value is -3.68. The zero-order valence-electron chi connectivity index (χ0n) is 21.1. The van der Waals surface area contributed by atoms with E-state index in [0.29, 0.717) is 11.8 Å². The maximum atomic E-state index is 11.1. The molecule has 0 aliphatic carbocycles. The van der Waals surface area contributed by atoms with Crippen LogP contribution in [0.25, 0.3) is 22.2 Å². The smallest absolute Gasteiger partial charge is 0.449 e. The summed E-state index contributed by atoms with van der Waals surface area (Å²) < 4.78 is 7.33. The third kappa shape index (κ3) is 6.30. The lowest BCUT2D eigenvalue weighted by Gasteiger charge is -2.14. The first kappa shape index (κ1) is 26.9. The Kier molecular flexibility index (Phi) is 9.22. The zero-order valence-corrected chi connectivity index (χ0v) is 21.1. The Morgan fingerprint density at radius 2 is 1.81 bits per heavy atom. The van der Waals surface area contributed by atoms with Crippen LogP contribution < -0.4 is 10.1 Å². The van der Waals surface area contributed by atoms with Gasteiger partial charge in [-0.05, 0) is 35.2 Å². The topological polar surface area (TPSA) is 108 Å². The van der Waals surface area contributed by atoms with Crippen LogP contribution in [0.15, 0.2) is 66.7 Å². The summed E-state index contributed by atoms with van der Waals surface area (Å²) in [7, 11) is 0. The molecule has 190 valence electrons. The predicted molar refractivity (Wildman–Crippen MR) is 144 cm³/mol. The fraction of sp³-hybridized carbons (Fsp3) is 0.310. The average Bonchev–Trinajstić information content (AvgIpc) is 3.19. The lowest BCUT2D eigenvalue weighted by atomic mass is 10.0. The van der Waals surface area contributed by atoms with Gasteiger partial charge in [0.25, 0.3) is 0 Å². The van der Waals surface area contributed by atoms with E-state index in [0.717, 1.165) is 60.4 Å². The second-order valence-corrected chi connectivity index (χ2v) is 9.10. The number of hydrogen-bond acceptors (Lipinski definition) is 4. The SMILES string of the molecule is CCCCc1nc2cccc(CNC(C)C)c2n1Cc1ccc(-c2ccccc2OC(=O)O)cc1.O. The van der Waals surface area contributed by atoms with Crippen LogP contribution in [-0.4, -0.2) is 32.3 Å². The minimum Gasteiger partial charge on any atom is -0.449 e. The minimum atomic E-state index is -1.32. The van der Waals surface area contributed by atoms with Crippen LogP contribution in [0.2, 0.25) is 0 Å². The van der Waals surface area contributed by atoms with Crippen LogP contribution >= 0.6 is 0 Å². The van der Waals surface area contributed by atoms with Gasteiger partial charge in [-0.1, -0.05) is 81.8 Å². The molecular weight excluding hydrogens is 454 g/mol. The number of aryl methyl sites for hydroxylation is 1. The van der Waals surface area contributed by atoms with Crippen molar-refractivity contribution in [1.29, 1.82) is 0 Å². The largest absolute Gasteiger partial charge is 0.511 e. The molecule has 4 N–H and O–H groups in total. The molecule has 0 bridgehead atoms. The van der Waals surface area contributed by atoms with Crippen LogP contribution in [0.5, 0.6) is 5.75 Å². The zero-order chi connectivity index (χ0) is 24.8. The molecule has 0 unspecified atom stereocenters. The average molecular weight is 490 g/mol. The standard InChI is InChI=1S/C29H33N3O3.H2O/c1-4-5-13-27-31-25-11-8-9-23(18-30-20(2)3)28(25)32(27)19-21-14-16-22(17-15-21)24-10-6-7-12-26(24)35-29(33)34;/h6-12,14-17,20,30H,4-5,13,18-19H2,1-3H3,(H,33,34);1H2. The Morgan fingerprint density at radius 3 is 2.50 bits per heavy atom. The number of hydrogen-bond donors (Lipinski definition) is 2. The molecule has 1 aromatic heterocycles. The molecule has 0 saturated heterocycles. The molecular formula is C29H35N3O4. The molecule has 0 aliphatic rings. The lowest BCUT2D eigenvalue weighted by Crippen LogP contribution is -2.22. The first-order valence-corrected chi connectivity index (χ1v) is 12.3. The summed E-state index contributed by atoms with van der Waals surface area (Å²) in [6.07, 6.45) is 1.85. The van der Waals surface area contributed by atoms with Crippen molar-refractivity contribution in [3.8, 4) is 16.9 Å². The van der Waals surface area contributed by atoms with Crippen molar-refractivity contribution in [1.82, 2.24) is 14.9 Å². The fourth-order valence-corrected chi connectivity index (χ4v) is 4.32. The van der Waals surface area contributed by atoms with Crippen LogP contribution in [-0.2, 0) is 19.5 Å². The van der Waals surface area contributed by atoms with Gasteiger partial charge in [-0.25, -0.2) is 9.78 Å². The number of carbonyl (C=O) groups is 1. The summed E-state index contributed by atoms with van der Waals surface area (Å²) in [5.74, 6) is 1.45. The highest BCUT2D eigenvalue weighted by Crippen LogP contribution is 2.31. The molecule has 0 fully saturated rings. The molecule has 0 spiro atoms. The van der Waals surface area contributed by atoms with Crippen molar-refractivity contribution in [3.63, 3.8) is 0 Å². The number of para-hydroxylation sites is 2. The summed E-state index contributed by atoms with van der Waals surface area (Å²) in [5.41, 5.74) is 6.30. The molecule has 7 heteroatoms. The van der Waals surface area contributed by atoms with E-state index in [-0.39, 0.29) is 5.48 Å². The van der Waals surface area contributed by atoms with Gasteiger partial charge in [-0.15, -0.1) is 0 Å². The number of imidazole rings is 1. The van der Waals surface area contributed by atoms with E-state index in [1.54, 1.807) is 12.1 Å². The summed E-state index contributed by atoms with van der Waals surface area (Å²) in [4.78, 5) is 16.1. The van der Waals surface area contributed by atoms with Gasteiger partial charge in [0.05, 0.1) is 11.0 Å². The molecule has 4 rings (SSSR count). The van der Waals surface area contributed by atoms with Crippen molar-refractivity contribution < 1.29 is 20.1 Å². The van der Waals surface area contributed by atoms with Crippen molar-refractivity contribution in [2.75, 3.05) is 0 Å². The molecule has 0 amide bonds. The summed E-state index contributed by atoms with van der Waals surface area (Å²) in [6.45, 7) is 8.04. The molecule has 0 saturated carbocycles. The predicted octanol–water partition coefficient (Wildman–Crippen LogP) is 5.82. The molecule has 0 atom stereocenters. The molecule has 4 aromatic rings. The normalized spacial score (nSPS) is 11.0. The molecule has 0 radical (unpaired) electrons. The lowest BCUT2D eigenvalue weighted by molar-refractivity contribution is 0.144. The second-order valence-electron chi connectivity index (χ2n) is 9.10. The maximum Gasteiger partial charge on any atom is 0.511 e. The van der Waals surface area contributed by atoms with Crippen LogP contribution in [0.1, 0.15) is 50.6 Å². The third-order valence-electron chi connectivity index (χ3n) is 6.07. The van der Waals surface area contributed by atoms with Crippen LogP contribution in [0.4, 0.5) is 4.79 Å². The Bertz CT molecular complexity index is 1300.